The van der Waals surface area contributed by atoms with Gasteiger partial charge >= 0.3 is 0 Å². The highest BCUT2D eigenvalue weighted by molar-refractivity contribution is 9.11. The second-order valence-electron chi connectivity index (χ2n) is 7.13. The predicted octanol–water partition coefficient (Wildman–Crippen LogP) is 4.54. The van der Waals surface area contributed by atoms with Crippen molar-refractivity contribution in [2.45, 2.75) is 13.8 Å². The Morgan fingerprint density at radius 2 is 1.72 bits per heavy atom. The van der Waals surface area contributed by atoms with Gasteiger partial charge < -0.3 is 4.57 Å². The van der Waals surface area contributed by atoms with Crippen molar-refractivity contribution >= 4 is 59.7 Å². The maximum atomic E-state index is 12.4. The molecule has 0 unspecified atom stereocenters. The Morgan fingerprint density at radius 1 is 1.09 bits per heavy atom. The molecule has 32 heavy (non-hydrogen) atoms. The minimum Gasteiger partial charge on any atom is -0.317 e. The van der Waals surface area contributed by atoms with E-state index in [0.717, 1.165) is 37.7 Å². The zero-order valence-electron chi connectivity index (χ0n) is 17.7. The maximum absolute atomic E-state index is 12.4. The minimum atomic E-state index is -3.67. The number of hydrogen-bond acceptors (Lipinski definition) is 4. The molecule has 0 saturated heterocycles. The van der Waals surface area contributed by atoms with Gasteiger partial charge in [-0.2, -0.15) is 5.10 Å². The highest BCUT2D eigenvalue weighted by atomic mass is 79.9. The van der Waals surface area contributed by atoms with E-state index in [1.807, 2.05) is 44.2 Å². The van der Waals surface area contributed by atoms with Crippen molar-refractivity contribution < 1.29 is 13.2 Å². The summed E-state index contributed by atoms with van der Waals surface area (Å²) in [5, 5.41) is 4.04. The van der Waals surface area contributed by atoms with Gasteiger partial charge in [0, 0.05) is 25.9 Å². The molecular weight excluding hydrogens is 560 g/mol. The molecule has 2 aromatic carbocycles. The van der Waals surface area contributed by atoms with Gasteiger partial charge in [0.2, 0.25) is 10.0 Å². The van der Waals surface area contributed by atoms with Crippen molar-refractivity contribution in [1.29, 1.82) is 0 Å². The Labute approximate surface area is 204 Å². The van der Waals surface area contributed by atoms with Gasteiger partial charge in [-0.3, -0.25) is 9.10 Å². The lowest BCUT2D eigenvalue weighted by atomic mass is 10.2. The van der Waals surface area contributed by atoms with Gasteiger partial charge in [0.25, 0.3) is 5.91 Å². The molecule has 0 aliphatic carbocycles. The molecule has 0 aliphatic heterocycles. The Morgan fingerprint density at radius 3 is 2.34 bits per heavy atom. The number of nitrogens with one attached hydrogen (secondary N) is 1. The first-order valence-electron chi connectivity index (χ1n) is 9.57. The summed E-state index contributed by atoms with van der Waals surface area (Å²) in [6, 6.07) is 16.7. The van der Waals surface area contributed by atoms with E-state index in [2.05, 4.69) is 47.0 Å². The van der Waals surface area contributed by atoms with Crippen molar-refractivity contribution in [3.05, 3.63) is 80.5 Å². The van der Waals surface area contributed by atoms with Gasteiger partial charge in [0.15, 0.2) is 0 Å². The van der Waals surface area contributed by atoms with Gasteiger partial charge in [-0.1, -0.05) is 24.3 Å². The third-order valence-corrected chi connectivity index (χ3v) is 7.23. The molecule has 1 N–H and O–H groups in total. The van der Waals surface area contributed by atoms with Crippen molar-refractivity contribution in [2.75, 3.05) is 17.1 Å². The van der Waals surface area contributed by atoms with Crippen LogP contribution in [0.25, 0.3) is 5.69 Å². The van der Waals surface area contributed by atoms with Crippen LogP contribution in [0.3, 0.4) is 0 Å². The van der Waals surface area contributed by atoms with E-state index in [9.17, 15) is 13.2 Å². The number of para-hydroxylation sites is 2. The number of carbonyl (C=O) groups is 1. The summed E-state index contributed by atoms with van der Waals surface area (Å²) in [6.07, 6.45) is 2.61. The van der Waals surface area contributed by atoms with E-state index in [1.54, 1.807) is 30.5 Å². The Kier molecular flexibility index (Phi) is 7.58. The normalized spacial score (nSPS) is 11.7. The molecule has 0 spiro atoms. The van der Waals surface area contributed by atoms with Crippen LogP contribution in [0.5, 0.6) is 0 Å². The number of amides is 1. The highest BCUT2D eigenvalue weighted by Gasteiger charge is 2.22. The third-order valence-electron chi connectivity index (χ3n) is 4.77. The van der Waals surface area contributed by atoms with Crippen LogP contribution < -0.4 is 9.73 Å². The van der Waals surface area contributed by atoms with Gasteiger partial charge in [-0.15, -0.1) is 0 Å². The fourth-order valence-electron chi connectivity index (χ4n) is 3.30. The first kappa shape index (κ1) is 24.2. The molecular formula is C22H22Br2N4O3S. The van der Waals surface area contributed by atoms with E-state index in [1.165, 1.54) is 0 Å². The summed E-state index contributed by atoms with van der Waals surface area (Å²) in [5.74, 6) is -0.554. The highest BCUT2D eigenvalue weighted by Crippen LogP contribution is 2.28. The lowest BCUT2D eigenvalue weighted by Crippen LogP contribution is -2.39. The summed E-state index contributed by atoms with van der Waals surface area (Å²) < 4.78 is 29.1. The predicted molar refractivity (Wildman–Crippen MR) is 135 cm³/mol. The lowest BCUT2D eigenvalue weighted by molar-refractivity contribution is -0.119. The average molecular weight is 582 g/mol. The number of aromatic nitrogens is 1. The van der Waals surface area contributed by atoms with Crippen LogP contribution in [0.15, 0.2) is 68.6 Å². The van der Waals surface area contributed by atoms with Crippen LogP contribution in [0, 0.1) is 13.8 Å². The number of halogens is 2. The van der Waals surface area contributed by atoms with E-state index >= 15 is 0 Å². The summed E-state index contributed by atoms with van der Waals surface area (Å²) >= 11 is 6.91. The molecule has 168 valence electrons. The van der Waals surface area contributed by atoms with Crippen molar-refractivity contribution in [3.8, 4) is 5.69 Å². The molecule has 0 bridgehead atoms. The second-order valence-corrected chi connectivity index (χ2v) is 10.7. The molecule has 0 fully saturated rings. The first-order valence-corrected chi connectivity index (χ1v) is 13.0. The van der Waals surface area contributed by atoms with Gasteiger partial charge in [0.1, 0.15) is 6.54 Å². The monoisotopic (exact) mass is 580 g/mol. The fraction of sp³-hybridized carbons (Fsp3) is 0.182. The quantitative estimate of drug-likeness (QED) is 0.328. The van der Waals surface area contributed by atoms with E-state index in [0.29, 0.717) is 10.2 Å². The summed E-state index contributed by atoms with van der Waals surface area (Å²) in [6.45, 7) is 3.56. The van der Waals surface area contributed by atoms with E-state index in [-0.39, 0.29) is 0 Å². The molecule has 0 aliphatic rings. The largest absolute Gasteiger partial charge is 0.317 e. The minimum absolute atomic E-state index is 0.381. The molecule has 10 heteroatoms. The molecule has 3 rings (SSSR count). The average Bonchev–Trinajstić information content (AvgIpc) is 3.00. The second kappa shape index (κ2) is 10.0. The van der Waals surface area contributed by atoms with Crippen LogP contribution in [0.2, 0.25) is 0 Å². The molecule has 7 nitrogen and oxygen atoms in total. The first-order chi connectivity index (χ1) is 15.1. The molecule has 1 heterocycles. The molecule has 3 aromatic rings. The number of benzene rings is 2. The molecule has 1 aromatic heterocycles. The molecule has 0 radical (unpaired) electrons. The zero-order valence-corrected chi connectivity index (χ0v) is 21.7. The Balaban J connectivity index is 1.76. The van der Waals surface area contributed by atoms with Crippen molar-refractivity contribution in [2.24, 2.45) is 5.10 Å². The van der Waals surface area contributed by atoms with Crippen molar-refractivity contribution in [1.82, 2.24) is 9.99 Å². The number of carbonyl (C=O) groups excluding carboxylic acids is 1. The number of nitrogens with zero attached hydrogens (tertiary/aromatic N) is 3. The van der Waals surface area contributed by atoms with Crippen LogP contribution in [-0.2, 0) is 14.8 Å². The van der Waals surface area contributed by atoms with E-state index < -0.39 is 22.5 Å². The van der Waals surface area contributed by atoms with Gasteiger partial charge in [-0.05, 0) is 76.0 Å². The van der Waals surface area contributed by atoms with E-state index in [4.69, 9.17) is 0 Å². The Hall–Kier alpha value is -2.43. The smallest absolute Gasteiger partial charge is 0.260 e. The summed E-state index contributed by atoms with van der Waals surface area (Å²) in [7, 11) is -3.67. The number of sulfonamides is 1. The summed E-state index contributed by atoms with van der Waals surface area (Å²) in [4.78, 5) is 12.4. The number of hydrogen-bond donors (Lipinski definition) is 1. The summed E-state index contributed by atoms with van der Waals surface area (Å²) in [5.41, 5.74) is 6.61. The van der Waals surface area contributed by atoms with Crippen LogP contribution in [-0.4, -0.2) is 37.9 Å². The van der Waals surface area contributed by atoms with Gasteiger partial charge in [0.05, 0.1) is 23.8 Å². The SMILES string of the molecule is Cc1cc(/C=N/NC(=O)CN(c2ccccc2Br)S(C)(=O)=O)c(C)n1-c1ccccc1Br. The molecule has 0 atom stereocenters. The number of aryl methyl sites for hydroxylation is 1. The van der Waals surface area contributed by atoms with Crippen LogP contribution >= 0.6 is 31.9 Å². The number of hydrazone groups is 1. The van der Waals surface area contributed by atoms with Crippen LogP contribution in [0.4, 0.5) is 5.69 Å². The molecule has 0 saturated carbocycles. The maximum Gasteiger partial charge on any atom is 0.260 e. The lowest BCUT2D eigenvalue weighted by Gasteiger charge is -2.22. The molecule has 1 amide bonds. The standard InChI is InChI=1S/C22H22Br2N4O3S/c1-15-12-17(16(2)28(15)21-11-7-5-9-19(21)24)13-25-26-22(29)14-27(32(3,30)31)20-10-6-4-8-18(20)23/h4-13H,14H2,1-3H3,(H,26,29)/b25-13+. The zero-order chi connectivity index (χ0) is 23.5. The number of rotatable bonds is 7. The third kappa shape index (κ3) is 5.48. The van der Waals surface area contributed by atoms with Crippen molar-refractivity contribution in [3.63, 3.8) is 0 Å². The van der Waals surface area contributed by atoms with Gasteiger partial charge in [-0.25, -0.2) is 13.8 Å². The number of anilines is 1. The van der Waals surface area contributed by atoms with Crippen LogP contribution in [0.1, 0.15) is 17.0 Å². The topological polar surface area (TPSA) is 83.8 Å². The Bertz CT molecular complexity index is 1290. The fourth-order valence-corrected chi connectivity index (χ4v) is 5.24.